The SMILES string of the molecule is COc1ccccc1OC(C)C(=O)Nc1ccc(OC2CCCC2)cc1. The van der Waals surface area contributed by atoms with Crippen molar-refractivity contribution in [2.45, 2.75) is 44.8 Å². The lowest BCUT2D eigenvalue weighted by atomic mass is 10.2. The summed E-state index contributed by atoms with van der Waals surface area (Å²) in [5, 5.41) is 2.86. The van der Waals surface area contributed by atoms with Gasteiger partial charge < -0.3 is 19.5 Å². The maximum Gasteiger partial charge on any atom is 0.265 e. The van der Waals surface area contributed by atoms with Crippen molar-refractivity contribution in [3.63, 3.8) is 0 Å². The second-order valence-electron chi connectivity index (χ2n) is 6.45. The molecular formula is C21H25NO4. The van der Waals surface area contributed by atoms with E-state index in [0.29, 0.717) is 23.3 Å². The molecule has 2 aromatic rings. The third kappa shape index (κ3) is 4.69. The molecule has 1 saturated carbocycles. The second kappa shape index (κ2) is 8.61. The van der Waals surface area contributed by atoms with Crippen molar-refractivity contribution >= 4 is 11.6 Å². The van der Waals surface area contributed by atoms with E-state index in [1.165, 1.54) is 12.8 Å². The van der Waals surface area contributed by atoms with Crippen molar-refractivity contribution in [1.29, 1.82) is 0 Å². The summed E-state index contributed by atoms with van der Waals surface area (Å²) in [6, 6.07) is 14.7. The molecule has 138 valence electrons. The third-order valence-corrected chi connectivity index (χ3v) is 4.47. The molecule has 3 rings (SSSR count). The summed E-state index contributed by atoms with van der Waals surface area (Å²) >= 11 is 0. The Kier molecular flexibility index (Phi) is 6.00. The van der Waals surface area contributed by atoms with Crippen LogP contribution in [-0.2, 0) is 4.79 Å². The lowest BCUT2D eigenvalue weighted by Gasteiger charge is -2.17. The Labute approximate surface area is 154 Å². The highest BCUT2D eigenvalue weighted by atomic mass is 16.5. The molecule has 26 heavy (non-hydrogen) atoms. The average Bonchev–Trinajstić information content (AvgIpc) is 3.16. The minimum absolute atomic E-state index is 0.222. The van der Waals surface area contributed by atoms with Gasteiger partial charge in [0.1, 0.15) is 5.75 Å². The standard InChI is InChI=1S/C21H25NO4/c1-15(25-20-10-6-5-9-19(20)24-2)21(23)22-16-11-13-18(14-12-16)26-17-7-3-4-8-17/h5-6,9-15,17H,3-4,7-8H2,1-2H3,(H,22,23). The Morgan fingerprint density at radius 3 is 2.35 bits per heavy atom. The fourth-order valence-corrected chi connectivity index (χ4v) is 3.02. The second-order valence-corrected chi connectivity index (χ2v) is 6.45. The molecule has 5 nitrogen and oxygen atoms in total. The van der Waals surface area contributed by atoms with Gasteiger partial charge in [0.15, 0.2) is 17.6 Å². The van der Waals surface area contributed by atoms with Crippen LogP contribution in [0.3, 0.4) is 0 Å². The summed E-state index contributed by atoms with van der Waals surface area (Å²) in [6.45, 7) is 1.71. The minimum Gasteiger partial charge on any atom is -0.493 e. The number of ether oxygens (including phenoxy) is 3. The number of para-hydroxylation sites is 2. The molecule has 0 bridgehead atoms. The molecule has 1 aliphatic rings. The number of amides is 1. The van der Waals surface area contributed by atoms with Crippen LogP contribution in [0.2, 0.25) is 0 Å². The number of benzene rings is 2. The van der Waals surface area contributed by atoms with Crippen molar-refractivity contribution in [2.24, 2.45) is 0 Å². The van der Waals surface area contributed by atoms with Crippen LogP contribution in [0.5, 0.6) is 17.2 Å². The van der Waals surface area contributed by atoms with Gasteiger partial charge in [-0.25, -0.2) is 0 Å². The smallest absolute Gasteiger partial charge is 0.265 e. The van der Waals surface area contributed by atoms with Crippen molar-refractivity contribution in [1.82, 2.24) is 0 Å². The zero-order valence-corrected chi connectivity index (χ0v) is 15.2. The molecule has 2 aromatic carbocycles. The summed E-state index contributed by atoms with van der Waals surface area (Å²) < 4.78 is 16.9. The van der Waals surface area contributed by atoms with E-state index in [9.17, 15) is 4.79 Å². The van der Waals surface area contributed by atoms with Crippen LogP contribution >= 0.6 is 0 Å². The van der Waals surface area contributed by atoms with Gasteiger partial charge in [-0.2, -0.15) is 0 Å². The summed E-state index contributed by atoms with van der Waals surface area (Å²) in [5.74, 6) is 1.76. The number of hydrogen-bond donors (Lipinski definition) is 1. The van der Waals surface area contributed by atoms with Crippen molar-refractivity contribution in [3.8, 4) is 17.2 Å². The Bertz CT molecular complexity index is 723. The van der Waals surface area contributed by atoms with E-state index in [-0.39, 0.29) is 5.91 Å². The Balaban J connectivity index is 1.55. The van der Waals surface area contributed by atoms with E-state index < -0.39 is 6.10 Å². The number of rotatable bonds is 7. The Morgan fingerprint density at radius 2 is 1.69 bits per heavy atom. The van der Waals surface area contributed by atoms with Crippen LogP contribution in [0, 0.1) is 0 Å². The fourth-order valence-electron chi connectivity index (χ4n) is 3.02. The van der Waals surface area contributed by atoms with Gasteiger partial charge in [0.25, 0.3) is 5.91 Å². The lowest BCUT2D eigenvalue weighted by molar-refractivity contribution is -0.122. The molecule has 1 aliphatic carbocycles. The predicted molar refractivity (Wildman–Crippen MR) is 101 cm³/mol. The Morgan fingerprint density at radius 1 is 1.04 bits per heavy atom. The molecular weight excluding hydrogens is 330 g/mol. The van der Waals surface area contributed by atoms with Gasteiger partial charge in [0, 0.05) is 5.69 Å². The number of hydrogen-bond acceptors (Lipinski definition) is 4. The molecule has 0 aliphatic heterocycles. The predicted octanol–water partition coefficient (Wildman–Crippen LogP) is 4.42. The van der Waals surface area contributed by atoms with Crippen LogP contribution in [0.1, 0.15) is 32.6 Å². The Hall–Kier alpha value is -2.69. The number of carbonyl (C=O) groups excluding carboxylic acids is 1. The molecule has 0 aromatic heterocycles. The van der Waals surface area contributed by atoms with Gasteiger partial charge in [0.05, 0.1) is 13.2 Å². The molecule has 1 amide bonds. The van der Waals surface area contributed by atoms with Gasteiger partial charge in [0.2, 0.25) is 0 Å². The first-order valence-corrected chi connectivity index (χ1v) is 9.03. The van der Waals surface area contributed by atoms with Gasteiger partial charge >= 0.3 is 0 Å². The maximum atomic E-state index is 12.4. The van der Waals surface area contributed by atoms with E-state index >= 15 is 0 Å². The highest BCUT2D eigenvalue weighted by Gasteiger charge is 2.18. The zero-order chi connectivity index (χ0) is 18.4. The van der Waals surface area contributed by atoms with E-state index in [1.807, 2.05) is 36.4 Å². The summed E-state index contributed by atoms with van der Waals surface area (Å²) in [6.07, 6.45) is 4.39. The minimum atomic E-state index is -0.652. The normalized spacial score (nSPS) is 15.3. The molecule has 5 heteroatoms. The van der Waals surface area contributed by atoms with E-state index in [2.05, 4.69) is 5.32 Å². The third-order valence-electron chi connectivity index (χ3n) is 4.47. The molecule has 0 saturated heterocycles. The number of carbonyl (C=O) groups is 1. The molecule has 1 N–H and O–H groups in total. The average molecular weight is 355 g/mol. The van der Waals surface area contributed by atoms with Crippen molar-refractivity contribution in [2.75, 3.05) is 12.4 Å². The van der Waals surface area contributed by atoms with E-state index in [1.54, 1.807) is 26.2 Å². The number of methoxy groups -OCH3 is 1. The molecule has 0 radical (unpaired) electrons. The quantitative estimate of drug-likeness (QED) is 0.799. The van der Waals surface area contributed by atoms with Crippen molar-refractivity contribution < 1.29 is 19.0 Å². The molecule has 0 heterocycles. The van der Waals surface area contributed by atoms with Crippen molar-refractivity contribution in [3.05, 3.63) is 48.5 Å². The molecule has 1 atom stereocenters. The van der Waals surface area contributed by atoms with Gasteiger partial charge in [-0.3, -0.25) is 4.79 Å². The summed E-state index contributed by atoms with van der Waals surface area (Å²) in [4.78, 5) is 12.4. The first-order chi connectivity index (χ1) is 12.7. The molecule has 1 fully saturated rings. The highest BCUT2D eigenvalue weighted by molar-refractivity contribution is 5.94. The first kappa shape index (κ1) is 18.1. The number of anilines is 1. The lowest BCUT2D eigenvalue weighted by Crippen LogP contribution is -2.30. The van der Waals surface area contributed by atoms with Gasteiger partial charge in [-0.1, -0.05) is 12.1 Å². The van der Waals surface area contributed by atoms with Crippen LogP contribution in [0.25, 0.3) is 0 Å². The summed E-state index contributed by atoms with van der Waals surface area (Å²) in [7, 11) is 1.57. The van der Waals surface area contributed by atoms with Gasteiger partial charge in [-0.15, -0.1) is 0 Å². The van der Waals surface area contributed by atoms with E-state index in [0.717, 1.165) is 18.6 Å². The van der Waals surface area contributed by atoms with Crippen LogP contribution < -0.4 is 19.5 Å². The van der Waals surface area contributed by atoms with Gasteiger partial charge in [-0.05, 0) is 69.0 Å². The topological polar surface area (TPSA) is 56.8 Å². The maximum absolute atomic E-state index is 12.4. The molecule has 1 unspecified atom stereocenters. The largest absolute Gasteiger partial charge is 0.493 e. The van der Waals surface area contributed by atoms with Crippen LogP contribution in [-0.4, -0.2) is 25.2 Å². The first-order valence-electron chi connectivity index (χ1n) is 9.03. The van der Waals surface area contributed by atoms with Crippen LogP contribution in [0.4, 0.5) is 5.69 Å². The molecule has 0 spiro atoms. The summed E-state index contributed by atoms with van der Waals surface area (Å²) in [5.41, 5.74) is 0.712. The van der Waals surface area contributed by atoms with E-state index in [4.69, 9.17) is 14.2 Å². The monoisotopic (exact) mass is 355 g/mol. The fraction of sp³-hybridized carbons (Fsp3) is 0.381. The zero-order valence-electron chi connectivity index (χ0n) is 15.2. The van der Waals surface area contributed by atoms with Crippen LogP contribution in [0.15, 0.2) is 48.5 Å². The highest BCUT2D eigenvalue weighted by Crippen LogP contribution is 2.27. The number of nitrogens with one attached hydrogen (secondary N) is 1.